The lowest BCUT2D eigenvalue weighted by Crippen LogP contribution is -2.59. The Morgan fingerprint density at radius 3 is 2.60 bits per heavy atom. The average molecular weight is 356 g/mol. The van der Waals surface area contributed by atoms with Gasteiger partial charge in [0.1, 0.15) is 11.6 Å². The first-order chi connectivity index (χ1) is 11.8. The summed E-state index contributed by atoms with van der Waals surface area (Å²) >= 11 is 0. The topological polar surface area (TPSA) is 49.9 Å². The van der Waals surface area contributed by atoms with Crippen LogP contribution in [-0.4, -0.2) is 53.4 Å². The maximum absolute atomic E-state index is 14.1. The molecular formula is C17H19F3N2O3. The second-order valence-corrected chi connectivity index (χ2v) is 6.46. The number of hydrogen-bond acceptors (Lipinski definition) is 3. The van der Waals surface area contributed by atoms with E-state index < -0.39 is 36.8 Å². The first kappa shape index (κ1) is 17.6. The molecule has 0 N–H and O–H groups in total. The molecule has 136 valence electrons. The molecule has 0 saturated carbocycles. The van der Waals surface area contributed by atoms with E-state index in [9.17, 15) is 22.8 Å². The monoisotopic (exact) mass is 356 g/mol. The van der Waals surface area contributed by atoms with E-state index in [2.05, 4.69) is 0 Å². The van der Waals surface area contributed by atoms with Crippen LogP contribution in [0.3, 0.4) is 0 Å². The molecule has 0 unspecified atom stereocenters. The van der Waals surface area contributed by atoms with E-state index in [1.807, 2.05) is 0 Å². The number of hydrogen-bond donors (Lipinski definition) is 0. The number of nitrogens with zero attached hydrogens (tertiary/aromatic N) is 2. The summed E-state index contributed by atoms with van der Waals surface area (Å²) < 4.78 is 46.1. The summed E-state index contributed by atoms with van der Waals surface area (Å²) in [5.74, 6) is -3.66. The fraction of sp³-hybridized carbons (Fsp3) is 0.529. The van der Waals surface area contributed by atoms with Crippen molar-refractivity contribution in [2.75, 3.05) is 19.6 Å². The van der Waals surface area contributed by atoms with Crippen molar-refractivity contribution in [2.45, 2.75) is 37.6 Å². The Kier molecular flexibility index (Phi) is 4.87. The Balaban J connectivity index is 1.70. The van der Waals surface area contributed by atoms with E-state index in [4.69, 9.17) is 4.74 Å². The highest BCUT2D eigenvalue weighted by Crippen LogP contribution is 2.31. The van der Waals surface area contributed by atoms with Crippen LogP contribution in [0.2, 0.25) is 0 Å². The maximum atomic E-state index is 14.1. The van der Waals surface area contributed by atoms with Gasteiger partial charge in [-0.3, -0.25) is 9.69 Å². The highest BCUT2D eigenvalue weighted by molar-refractivity contribution is 5.77. The largest absolute Gasteiger partial charge is 0.415 e. The van der Waals surface area contributed by atoms with E-state index in [1.54, 1.807) is 0 Å². The minimum atomic E-state index is -3.09. The Morgan fingerprint density at radius 2 is 1.92 bits per heavy atom. The quantitative estimate of drug-likeness (QED) is 0.818. The number of rotatable bonds is 2. The van der Waals surface area contributed by atoms with Crippen LogP contribution in [-0.2, 0) is 4.79 Å². The van der Waals surface area contributed by atoms with Crippen molar-refractivity contribution >= 4 is 12.0 Å². The minimum absolute atomic E-state index is 0.00135. The summed E-state index contributed by atoms with van der Waals surface area (Å²) in [5, 5.41) is 0. The molecule has 25 heavy (non-hydrogen) atoms. The van der Waals surface area contributed by atoms with Gasteiger partial charge in [-0.2, -0.15) is 0 Å². The molecule has 0 aromatic heterocycles. The lowest BCUT2D eigenvalue weighted by molar-refractivity contribution is -0.142. The molecule has 5 nitrogen and oxygen atoms in total. The van der Waals surface area contributed by atoms with Crippen LogP contribution in [0, 0.1) is 5.82 Å². The van der Waals surface area contributed by atoms with Crippen molar-refractivity contribution in [2.24, 2.45) is 0 Å². The molecule has 0 radical (unpaired) electrons. The van der Waals surface area contributed by atoms with Gasteiger partial charge in [-0.05, 0) is 37.1 Å². The van der Waals surface area contributed by atoms with Gasteiger partial charge in [-0.15, -0.1) is 0 Å². The number of likely N-dealkylation sites (tertiary alicyclic amines) is 2. The Morgan fingerprint density at radius 1 is 1.20 bits per heavy atom. The summed E-state index contributed by atoms with van der Waals surface area (Å²) in [4.78, 5) is 26.6. The molecule has 1 aromatic rings. The normalized spacial score (nSPS) is 23.5. The van der Waals surface area contributed by atoms with Crippen LogP contribution in [0.15, 0.2) is 24.3 Å². The minimum Gasteiger partial charge on any atom is -0.410 e. The smallest absolute Gasteiger partial charge is 0.410 e. The van der Waals surface area contributed by atoms with Crippen molar-refractivity contribution in [3.8, 4) is 5.75 Å². The summed E-state index contributed by atoms with van der Waals surface area (Å²) in [7, 11) is 0. The fourth-order valence-corrected chi connectivity index (χ4v) is 3.30. The van der Waals surface area contributed by atoms with E-state index in [0.29, 0.717) is 13.0 Å². The Labute approximate surface area is 143 Å². The van der Waals surface area contributed by atoms with Gasteiger partial charge in [-0.1, -0.05) is 0 Å². The standard InChI is InChI=1S/C17H19F3N2O3/c18-12-4-6-14(7-5-12)25-16(24)21-10-13(9-17(19,20)11-21)22-8-2-1-3-15(22)23/h4-7,13H,1-3,8-11H2/t13-/m1/s1. The molecule has 2 amide bonds. The van der Waals surface area contributed by atoms with Crippen molar-refractivity contribution in [1.82, 2.24) is 9.80 Å². The molecule has 1 aromatic carbocycles. The van der Waals surface area contributed by atoms with Crippen molar-refractivity contribution in [3.05, 3.63) is 30.1 Å². The number of carbonyl (C=O) groups excluding carboxylic acids is 2. The Bertz CT molecular complexity index is 651. The van der Waals surface area contributed by atoms with Crippen LogP contribution in [0.4, 0.5) is 18.0 Å². The number of alkyl halides is 2. The summed E-state index contributed by atoms with van der Waals surface area (Å²) in [5.41, 5.74) is 0. The summed E-state index contributed by atoms with van der Waals surface area (Å²) in [6, 6.07) is 4.00. The average Bonchev–Trinajstić information content (AvgIpc) is 2.56. The predicted octanol–water partition coefficient (Wildman–Crippen LogP) is 3.05. The van der Waals surface area contributed by atoms with Crippen LogP contribution in [0.1, 0.15) is 25.7 Å². The van der Waals surface area contributed by atoms with Crippen molar-refractivity contribution in [1.29, 1.82) is 0 Å². The number of amides is 2. The first-order valence-electron chi connectivity index (χ1n) is 8.24. The highest BCUT2D eigenvalue weighted by atomic mass is 19.3. The van der Waals surface area contributed by atoms with Crippen LogP contribution in [0.5, 0.6) is 5.75 Å². The van der Waals surface area contributed by atoms with E-state index in [1.165, 1.54) is 17.0 Å². The molecule has 3 rings (SSSR count). The number of piperidine rings is 2. The Hall–Kier alpha value is -2.25. The van der Waals surface area contributed by atoms with Gasteiger partial charge >= 0.3 is 6.09 Å². The molecule has 2 aliphatic heterocycles. The van der Waals surface area contributed by atoms with Crippen molar-refractivity contribution < 1.29 is 27.5 Å². The molecule has 1 atom stereocenters. The van der Waals surface area contributed by atoms with Crippen LogP contribution in [0.25, 0.3) is 0 Å². The number of carbonyl (C=O) groups is 2. The molecule has 0 aliphatic carbocycles. The SMILES string of the molecule is O=C(Oc1ccc(F)cc1)N1C[C@H](N2CCCCC2=O)CC(F)(F)C1. The first-order valence-corrected chi connectivity index (χ1v) is 8.24. The van der Waals surface area contributed by atoms with Gasteiger partial charge in [0.05, 0.1) is 12.6 Å². The van der Waals surface area contributed by atoms with Gasteiger partial charge in [-0.25, -0.2) is 18.0 Å². The van der Waals surface area contributed by atoms with Crippen molar-refractivity contribution in [3.63, 3.8) is 0 Å². The predicted molar refractivity (Wildman–Crippen MR) is 82.9 cm³/mol. The molecule has 2 aliphatic rings. The third-order valence-electron chi connectivity index (χ3n) is 4.47. The lowest BCUT2D eigenvalue weighted by atomic mass is 9.98. The number of halogens is 3. The highest BCUT2D eigenvalue weighted by Gasteiger charge is 2.45. The zero-order valence-electron chi connectivity index (χ0n) is 13.6. The lowest BCUT2D eigenvalue weighted by Gasteiger charge is -2.43. The third kappa shape index (κ3) is 4.24. The summed E-state index contributed by atoms with van der Waals surface area (Å²) in [6.07, 6.45) is 0.490. The van der Waals surface area contributed by atoms with E-state index >= 15 is 0 Å². The van der Waals surface area contributed by atoms with E-state index in [-0.39, 0.29) is 18.2 Å². The third-order valence-corrected chi connectivity index (χ3v) is 4.47. The fourth-order valence-electron chi connectivity index (χ4n) is 3.30. The molecule has 0 bridgehead atoms. The zero-order chi connectivity index (χ0) is 18.0. The van der Waals surface area contributed by atoms with Gasteiger partial charge in [0.25, 0.3) is 5.92 Å². The number of ether oxygens (including phenoxy) is 1. The number of benzene rings is 1. The molecule has 2 saturated heterocycles. The van der Waals surface area contributed by atoms with Gasteiger partial charge in [0, 0.05) is 25.9 Å². The van der Waals surface area contributed by atoms with Gasteiger partial charge in [0.2, 0.25) is 5.91 Å². The van der Waals surface area contributed by atoms with Crippen LogP contribution >= 0.6 is 0 Å². The van der Waals surface area contributed by atoms with E-state index in [0.717, 1.165) is 29.9 Å². The summed E-state index contributed by atoms with van der Waals surface area (Å²) in [6.45, 7) is -0.326. The zero-order valence-corrected chi connectivity index (χ0v) is 13.6. The molecule has 8 heteroatoms. The van der Waals surface area contributed by atoms with Crippen LogP contribution < -0.4 is 4.74 Å². The van der Waals surface area contributed by atoms with Gasteiger partial charge < -0.3 is 9.64 Å². The molecule has 0 spiro atoms. The maximum Gasteiger partial charge on any atom is 0.415 e. The second-order valence-electron chi connectivity index (χ2n) is 6.46. The molecule has 2 heterocycles. The molecular weight excluding hydrogens is 337 g/mol. The molecule has 2 fully saturated rings. The second kappa shape index (κ2) is 6.93. The van der Waals surface area contributed by atoms with Gasteiger partial charge in [0.15, 0.2) is 0 Å².